The van der Waals surface area contributed by atoms with Crippen LogP contribution < -0.4 is 5.32 Å². The highest BCUT2D eigenvalue weighted by molar-refractivity contribution is 5.92. The fourth-order valence-corrected chi connectivity index (χ4v) is 1.82. The van der Waals surface area contributed by atoms with E-state index < -0.39 is 5.82 Å². The summed E-state index contributed by atoms with van der Waals surface area (Å²) >= 11 is 0. The summed E-state index contributed by atoms with van der Waals surface area (Å²) in [5, 5.41) is 11.3. The lowest BCUT2D eigenvalue weighted by atomic mass is 10.1. The van der Waals surface area contributed by atoms with Crippen molar-refractivity contribution in [2.24, 2.45) is 0 Å². The molecule has 0 heterocycles. The summed E-state index contributed by atoms with van der Waals surface area (Å²) in [4.78, 5) is 11.9. The fraction of sp³-hybridized carbons (Fsp3) is 0.118. The summed E-state index contributed by atoms with van der Waals surface area (Å²) in [5.74, 6) is 4.20. The van der Waals surface area contributed by atoms with Crippen LogP contribution in [0.15, 0.2) is 48.5 Å². The van der Waals surface area contributed by atoms with Crippen LogP contribution in [0.4, 0.5) is 10.1 Å². The molecule has 0 saturated carbocycles. The summed E-state index contributed by atoms with van der Waals surface area (Å²) in [6.07, 6.45) is 0.246. The average Bonchev–Trinajstić information content (AvgIpc) is 2.48. The van der Waals surface area contributed by atoms with Crippen LogP contribution in [-0.4, -0.2) is 17.6 Å². The fourth-order valence-electron chi connectivity index (χ4n) is 1.82. The van der Waals surface area contributed by atoms with E-state index in [0.717, 1.165) is 5.56 Å². The van der Waals surface area contributed by atoms with E-state index in [-0.39, 0.29) is 24.5 Å². The van der Waals surface area contributed by atoms with Crippen molar-refractivity contribution < 1.29 is 14.3 Å². The number of aliphatic hydroxyl groups is 1. The van der Waals surface area contributed by atoms with Crippen molar-refractivity contribution in [1.29, 1.82) is 0 Å². The molecule has 0 atom stereocenters. The molecule has 1 amide bonds. The zero-order valence-electron chi connectivity index (χ0n) is 11.3. The highest BCUT2D eigenvalue weighted by Gasteiger charge is 2.06. The first-order chi connectivity index (χ1) is 10.2. The molecule has 2 N–H and O–H groups in total. The maximum Gasteiger partial charge on any atom is 0.228 e. The van der Waals surface area contributed by atoms with Gasteiger partial charge in [0.2, 0.25) is 5.91 Å². The van der Waals surface area contributed by atoms with E-state index in [4.69, 9.17) is 5.11 Å². The van der Waals surface area contributed by atoms with Crippen molar-refractivity contribution in [1.82, 2.24) is 0 Å². The molecule has 4 heteroatoms. The highest BCUT2D eigenvalue weighted by atomic mass is 19.1. The van der Waals surface area contributed by atoms with Gasteiger partial charge in [-0.2, -0.15) is 0 Å². The second kappa shape index (κ2) is 7.22. The number of hydrogen-bond acceptors (Lipinski definition) is 2. The summed E-state index contributed by atoms with van der Waals surface area (Å²) in [6.45, 7) is -0.343. The van der Waals surface area contributed by atoms with Gasteiger partial charge in [-0.1, -0.05) is 42.2 Å². The van der Waals surface area contributed by atoms with Crippen LogP contribution in [0.2, 0.25) is 0 Å². The molecule has 0 fully saturated rings. The Labute approximate surface area is 122 Å². The molecular weight excluding hydrogens is 269 g/mol. The highest BCUT2D eigenvalue weighted by Crippen LogP contribution is 2.14. The number of halogens is 1. The topological polar surface area (TPSA) is 49.3 Å². The standard InChI is InChI=1S/C17H14FNO2/c18-16-9-8-15(12-14(16)7-4-10-20)19-17(21)11-13-5-2-1-3-6-13/h1-3,5-6,8-9,12,20H,10-11H2,(H,19,21). The molecule has 3 nitrogen and oxygen atoms in total. The van der Waals surface area contributed by atoms with Gasteiger partial charge in [0.15, 0.2) is 0 Å². The van der Waals surface area contributed by atoms with Crippen molar-refractivity contribution in [2.45, 2.75) is 6.42 Å². The van der Waals surface area contributed by atoms with Gasteiger partial charge < -0.3 is 10.4 Å². The van der Waals surface area contributed by atoms with Crippen LogP contribution >= 0.6 is 0 Å². The van der Waals surface area contributed by atoms with Crippen LogP contribution in [0.1, 0.15) is 11.1 Å². The molecule has 21 heavy (non-hydrogen) atoms. The number of nitrogens with one attached hydrogen (secondary N) is 1. The van der Waals surface area contributed by atoms with Gasteiger partial charge >= 0.3 is 0 Å². The van der Waals surface area contributed by atoms with Gasteiger partial charge in [-0.3, -0.25) is 4.79 Å². The largest absolute Gasteiger partial charge is 0.384 e. The third-order valence-corrected chi connectivity index (χ3v) is 2.76. The van der Waals surface area contributed by atoms with Crippen LogP contribution in [0.3, 0.4) is 0 Å². The van der Waals surface area contributed by atoms with Gasteiger partial charge in [-0.15, -0.1) is 0 Å². The minimum Gasteiger partial charge on any atom is -0.384 e. The second-order valence-corrected chi connectivity index (χ2v) is 4.37. The molecule has 0 aliphatic heterocycles. The number of rotatable bonds is 3. The summed E-state index contributed by atoms with van der Waals surface area (Å²) < 4.78 is 13.5. The Morgan fingerprint density at radius 2 is 1.95 bits per heavy atom. The molecule has 2 aromatic rings. The van der Waals surface area contributed by atoms with Crippen LogP contribution in [0.25, 0.3) is 0 Å². The quantitative estimate of drug-likeness (QED) is 0.850. The smallest absolute Gasteiger partial charge is 0.228 e. The van der Waals surface area contributed by atoms with E-state index in [2.05, 4.69) is 17.2 Å². The summed E-state index contributed by atoms with van der Waals surface area (Å²) in [5.41, 5.74) is 1.51. The number of aliphatic hydroxyl groups excluding tert-OH is 1. The predicted octanol–water partition coefficient (Wildman–Crippen LogP) is 2.35. The molecule has 2 aromatic carbocycles. The minimum absolute atomic E-state index is 0.140. The van der Waals surface area contributed by atoms with Gasteiger partial charge in [0.25, 0.3) is 0 Å². The average molecular weight is 283 g/mol. The number of amides is 1. The third kappa shape index (κ3) is 4.44. The van der Waals surface area contributed by atoms with Crippen LogP contribution in [0, 0.1) is 17.7 Å². The first-order valence-electron chi connectivity index (χ1n) is 6.42. The Kier molecular flexibility index (Phi) is 5.08. The molecule has 2 rings (SSSR count). The Morgan fingerprint density at radius 1 is 1.19 bits per heavy atom. The first kappa shape index (κ1) is 14.8. The Morgan fingerprint density at radius 3 is 2.67 bits per heavy atom. The first-order valence-corrected chi connectivity index (χ1v) is 6.42. The molecule has 0 unspecified atom stereocenters. The zero-order chi connectivity index (χ0) is 15.1. The van der Waals surface area contributed by atoms with Crippen molar-refractivity contribution in [3.63, 3.8) is 0 Å². The third-order valence-electron chi connectivity index (χ3n) is 2.76. The Balaban J connectivity index is 2.07. The van der Waals surface area contributed by atoms with E-state index in [1.165, 1.54) is 18.2 Å². The minimum atomic E-state index is -0.489. The Bertz CT molecular complexity index is 687. The van der Waals surface area contributed by atoms with Crippen LogP contribution in [0.5, 0.6) is 0 Å². The maximum absolute atomic E-state index is 13.5. The SMILES string of the molecule is O=C(Cc1ccccc1)Nc1ccc(F)c(C#CCO)c1. The van der Waals surface area contributed by atoms with E-state index in [1.54, 1.807) is 0 Å². The molecule has 0 aromatic heterocycles. The van der Waals surface area contributed by atoms with Crippen LogP contribution in [-0.2, 0) is 11.2 Å². The summed E-state index contributed by atoms with van der Waals surface area (Å²) in [7, 11) is 0. The van der Waals surface area contributed by atoms with E-state index >= 15 is 0 Å². The Hall–Kier alpha value is -2.64. The molecule has 0 spiro atoms. The monoisotopic (exact) mass is 283 g/mol. The van der Waals surface area contributed by atoms with Gasteiger partial charge in [0.1, 0.15) is 12.4 Å². The number of benzene rings is 2. The van der Waals surface area contributed by atoms with Crippen molar-refractivity contribution in [3.8, 4) is 11.8 Å². The zero-order valence-corrected chi connectivity index (χ0v) is 11.3. The normalized spacial score (nSPS) is 9.62. The molecule has 0 saturated heterocycles. The number of carbonyl (C=O) groups is 1. The van der Waals surface area contributed by atoms with Crippen molar-refractivity contribution >= 4 is 11.6 Å². The summed E-state index contributed by atoms with van der Waals surface area (Å²) in [6, 6.07) is 13.5. The molecule has 0 aliphatic rings. The molecule has 0 aliphatic carbocycles. The van der Waals surface area contributed by atoms with Gasteiger partial charge in [0, 0.05) is 5.69 Å². The number of anilines is 1. The maximum atomic E-state index is 13.5. The lowest BCUT2D eigenvalue weighted by Crippen LogP contribution is -2.14. The van der Waals surface area contributed by atoms with Gasteiger partial charge in [-0.05, 0) is 23.8 Å². The van der Waals surface area contributed by atoms with E-state index in [0.29, 0.717) is 5.69 Å². The molecule has 106 valence electrons. The lowest BCUT2D eigenvalue weighted by Gasteiger charge is -2.06. The lowest BCUT2D eigenvalue weighted by molar-refractivity contribution is -0.115. The van der Waals surface area contributed by atoms with Gasteiger partial charge in [-0.25, -0.2) is 4.39 Å². The molecule has 0 bridgehead atoms. The van der Waals surface area contributed by atoms with Crippen molar-refractivity contribution in [3.05, 3.63) is 65.5 Å². The van der Waals surface area contributed by atoms with E-state index in [1.807, 2.05) is 30.3 Å². The van der Waals surface area contributed by atoms with Gasteiger partial charge in [0.05, 0.1) is 12.0 Å². The van der Waals surface area contributed by atoms with Crippen molar-refractivity contribution in [2.75, 3.05) is 11.9 Å². The molecular formula is C17H14FNO2. The second-order valence-electron chi connectivity index (χ2n) is 4.37. The number of hydrogen-bond donors (Lipinski definition) is 2. The number of carbonyl (C=O) groups excluding carboxylic acids is 1. The van der Waals surface area contributed by atoms with E-state index in [9.17, 15) is 9.18 Å². The predicted molar refractivity (Wildman–Crippen MR) is 79.1 cm³/mol. The molecule has 0 radical (unpaired) electrons.